The van der Waals surface area contributed by atoms with Crippen molar-refractivity contribution in [2.45, 2.75) is 25.3 Å². The van der Waals surface area contributed by atoms with Crippen molar-refractivity contribution >= 4 is 17.3 Å². The molecule has 0 spiro atoms. The number of nitrogens with one attached hydrogen (secondary N) is 2. The van der Waals surface area contributed by atoms with E-state index in [-0.39, 0.29) is 18.5 Å². The fourth-order valence-electron chi connectivity index (χ4n) is 4.07. The normalized spacial score (nSPS) is 13.8. The van der Waals surface area contributed by atoms with Crippen molar-refractivity contribution in [3.05, 3.63) is 96.1 Å². The number of piperidine rings is 1. The lowest BCUT2D eigenvalue weighted by Crippen LogP contribution is -2.34. The van der Waals surface area contributed by atoms with E-state index in [0.29, 0.717) is 0 Å². The van der Waals surface area contributed by atoms with E-state index in [1.807, 2.05) is 42.5 Å². The van der Waals surface area contributed by atoms with Gasteiger partial charge in [0.15, 0.2) is 0 Å². The Bertz CT molecular complexity index is 897. The van der Waals surface area contributed by atoms with Crippen LogP contribution in [0.15, 0.2) is 84.9 Å². The predicted molar refractivity (Wildman–Crippen MR) is 124 cm³/mol. The monoisotopic (exact) mass is 399 g/mol. The van der Waals surface area contributed by atoms with E-state index in [1.165, 1.54) is 24.9 Å². The standard InChI is InChI=1S/C26H29N3O/c30-25(20-27-23-16-8-9-17-24(23)29-18-10-3-11-19-29)28-26(21-12-4-1-5-13-21)22-14-6-2-7-15-22/h1-2,4-9,12-17,26-27H,3,10-11,18-20H2,(H,28,30). The van der Waals surface area contributed by atoms with Crippen molar-refractivity contribution in [1.82, 2.24) is 5.32 Å². The molecule has 0 radical (unpaired) electrons. The molecule has 1 amide bonds. The van der Waals surface area contributed by atoms with E-state index in [0.717, 1.165) is 29.9 Å². The first-order chi connectivity index (χ1) is 14.8. The zero-order chi connectivity index (χ0) is 20.6. The first-order valence-electron chi connectivity index (χ1n) is 10.8. The highest BCUT2D eigenvalue weighted by molar-refractivity contribution is 5.83. The first kappa shape index (κ1) is 20.0. The summed E-state index contributed by atoms with van der Waals surface area (Å²) in [5.74, 6) is -0.0267. The molecule has 0 saturated carbocycles. The molecule has 1 saturated heterocycles. The van der Waals surface area contributed by atoms with E-state index in [1.54, 1.807) is 0 Å². The minimum absolute atomic E-state index is 0.0267. The quantitative estimate of drug-likeness (QED) is 0.588. The van der Waals surface area contributed by atoms with Crippen LogP contribution in [0, 0.1) is 0 Å². The molecule has 0 unspecified atom stereocenters. The first-order valence-corrected chi connectivity index (χ1v) is 10.8. The van der Waals surface area contributed by atoms with E-state index in [9.17, 15) is 4.79 Å². The molecule has 3 aromatic rings. The summed E-state index contributed by atoms with van der Waals surface area (Å²) < 4.78 is 0. The summed E-state index contributed by atoms with van der Waals surface area (Å²) in [6.45, 7) is 2.39. The molecule has 4 nitrogen and oxygen atoms in total. The largest absolute Gasteiger partial charge is 0.374 e. The number of amides is 1. The number of nitrogens with zero attached hydrogens (tertiary/aromatic N) is 1. The van der Waals surface area contributed by atoms with E-state index in [2.05, 4.69) is 58.0 Å². The van der Waals surface area contributed by atoms with Crippen LogP contribution in [-0.2, 0) is 4.79 Å². The van der Waals surface area contributed by atoms with E-state index in [4.69, 9.17) is 0 Å². The average molecular weight is 400 g/mol. The van der Waals surface area contributed by atoms with Crippen LogP contribution in [-0.4, -0.2) is 25.5 Å². The molecule has 3 aromatic carbocycles. The molecule has 0 bridgehead atoms. The number of carbonyl (C=O) groups excluding carboxylic acids is 1. The maximum Gasteiger partial charge on any atom is 0.240 e. The minimum atomic E-state index is -0.168. The van der Waals surface area contributed by atoms with Gasteiger partial charge in [0.2, 0.25) is 5.91 Å². The zero-order valence-electron chi connectivity index (χ0n) is 17.3. The summed E-state index contributed by atoms with van der Waals surface area (Å²) in [5, 5.41) is 6.57. The lowest BCUT2D eigenvalue weighted by molar-refractivity contribution is -0.119. The third-order valence-corrected chi connectivity index (χ3v) is 5.61. The Morgan fingerprint density at radius 3 is 1.97 bits per heavy atom. The molecule has 154 valence electrons. The number of rotatable bonds is 7. The molecule has 1 fully saturated rings. The predicted octanol–water partition coefficient (Wildman–Crippen LogP) is 4.99. The van der Waals surface area contributed by atoms with Crippen molar-refractivity contribution in [2.24, 2.45) is 0 Å². The van der Waals surface area contributed by atoms with Gasteiger partial charge in [0.1, 0.15) is 0 Å². The van der Waals surface area contributed by atoms with Crippen LogP contribution in [0.5, 0.6) is 0 Å². The zero-order valence-corrected chi connectivity index (χ0v) is 17.3. The molecule has 2 N–H and O–H groups in total. The average Bonchev–Trinajstić information content (AvgIpc) is 2.83. The molecule has 1 heterocycles. The van der Waals surface area contributed by atoms with Gasteiger partial charge in [-0.2, -0.15) is 0 Å². The summed E-state index contributed by atoms with van der Waals surface area (Å²) >= 11 is 0. The molecule has 0 aliphatic carbocycles. The van der Waals surface area contributed by atoms with Crippen LogP contribution in [0.1, 0.15) is 36.4 Å². The summed E-state index contributed by atoms with van der Waals surface area (Å²) in [5.41, 5.74) is 4.36. The van der Waals surface area contributed by atoms with Crippen LogP contribution in [0.3, 0.4) is 0 Å². The van der Waals surface area contributed by atoms with Crippen LogP contribution in [0.25, 0.3) is 0 Å². The second-order valence-electron chi connectivity index (χ2n) is 7.74. The number of carbonyl (C=O) groups is 1. The van der Waals surface area contributed by atoms with Crippen molar-refractivity contribution < 1.29 is 4.79 Å². The van der Waals surface area contributed by atoms with Gasteiger partial charge in [-0.15, -0.1) is 0 Å². The van der Waals surface area contributed by atoms with Crippen molar-refractivity contribution in [1.29, 1.82) is 0 Å². The second-order valence-corrected chi connectivity index (χ2v) is 7.74. The SMILES string of the molecule is O=C(CNc1ccccc1N1CCCCC1)NC(c1ccccc1)c1ccccc1. The molecular formula is C26H29N3O. The molecule has 0 atom stereocenters. The lowest BCUT2D eigenvalue weighted by Gasteiger charge is -2.30. The number of anilines is 2. The third kappa shape index (κ3) is 5.01. The van der Waals surface area contributed by atoms with Gasteiger partial charge in [0, 0.05) is 13.1 Å². The van der Waals surface area contributed by atoms with E-state index < -0.39 is 0 Å². The Balaban J connectivity index is 1.45. The van der Waals surface area contributed by atoms with Crippen molar-refractivity contribution in [3.8, 4) is 0 Å². The van der Waals surface area contributed by atoms with Gasteiger partial charge in [0.25, 0.3) is 0 Å². The Kier molecular flexibility index (Phi) is 6.65. The van der Waals surface area contributed by atoms with Gasteiger partial charge in [-0.1, -0.05) is 72.8 Å². The summed E-state index contributed by atoms with van der Waals surface area (Å²) in [6.07, 6.45) is 3.75. The van der Waals surface area contributed by atoms with Gasteiger partial charge >= 0.3 is 0 Å². The third-order valence-electron chi connectivity index (χ3n) is 5.61. The fourth-order valence-corrected chi connectivity index (χ4v) is 4.07. The number of benzene rings is 3. The van der Waals surface area contributed by atoms with Crippen LogP contribution >= 0.6 is 0 Å². The number of para-hydroxylation sites is 2. The topological polar surface area (TPSA) is 44.4 Å². The van der Waals surface area contributed by atoms with Crippen LogP contribution in [0.2, 0.25) is 0 Å². The summed E-state index contributed by atoms with van der Waals surface area (Å²) in [6, 6.07) is 28.3. The van der Waals surface area contributed by atoms with Gasteiger partial charge in [-0.05, 0) is 42.5 Å². The van der Waals surface area contributed by atoms with Gasteiger partial charge in [-0.25, -0.2) is 0 Å². The highest BCUT2D eigenvalue weighted by Gasteiger charge is 2.18. The van der Waals surface area contributed by atoms with Crippen molar-refractivity contribution in [2.75, 3.05) is 29.9 Å². The Morgan fingerprint density at radius 1 is 0.767 bits per heavy atom. The maximum absolute atomic E-state index is 12.9. The fraction of sp³-hybridized carbons (Fsp3) is 0.269. The van der Waals surface area contributed by atoms with Crippen molar-refractivity contribution in [3.63, 3.8) is 0 Å². The van der Waals surface area contributed by atoms with Gasteiger partial charge in [0.05, 0.1) is 24.0 Å². The number of hydrogen-bond acceptors (Lipinski definition) is 3. The molecule has 1 aliphatic rings. The summed E-state index contributed by atoms with van der Waals surface area (Å²) in [7, 11) is 0. The van der Waals surface area contributed by atoms with E-state index >= 15 is 0 Å². The molecular weight excluding hydrogens is 370 g/mol. The maximum atomic E-state index is 12.9. The van der Waals surface area contributed by atoms with Gasteiger partial charge in [-0.3, -0.25) is 4.79 Å². The Hall–Kier alpha value is -3.27. The highest BCUT2D eigenvalue weighted by Crippen LogP contribution is 2.28. The Morgan fingerprint density at radius 2 is 1.33 bits per heavy atom. The lowest BCUT2D eigenvalue weighted by atomic mass is 9.99. The second kappa shape index (κ2) is 9.97. The number of hydrogen-bond donors (Lipinski definition) is 2. The smallest absolute Gasteiger partial charge is 0.240 e. The molecule has 30 heavy (non-hydrogen) atoms. The molecule has 4 rings (SSSR count). The van der Waals surface area contributed by atoms with Crippen LogP contribution < -0.4 is 15.5 Å². The summed E-state index contributed by atoms with van der Waals surface area (Å²) in [4.78, 5) is 15.3. The van der Waals surface area contributed by atoms with Crippen LogP contribution in [0.4, 0.5) is 11.4 Å². The minimum Gasteiger partial charge on any atom is -0.374 e. The highest BCUT2D eigenvalue weighted by atomic mass is 16.2. The molecule has 4 heteroatoms. The molecule has 0 aromatic heterocycles. The van der Waals surface area contributed by atoms with Gasteiger partial charge < -0.3 is 15.5 Å². The molecule has 1 aliphatic heterocycles. The Labute approximate surface area is 178 Å².